The lowest BCUT2D eigenvalue weighted by molar-refractivity contribution is 0.214. The molecule has 17 heavy (non-hydrogen) atoms. The van der Waals surface area contributed by atoms with Crippen molar-refractivity contribution in [3.05, 3.63) is 44.6 Å². The quantitative estimate of drug-likeness (QED) is 0.827. The standard InChI is InChI=1S/C12H9Cl2NOS/c13-7-2-1-3-8-12(7)16-9(6-15-8)10-4-5-11(14)17-10/h1-5,9,15H,6H2. The number of benzene rings is 1. The van der Waals surface area contributed by atoms with Gasteiger partial charge in [-0.1, -0.05) is 29.3 Å². The molecule has 1 aromatic heterocycles. The van der Waals surface area contributed by atoms with Gasteiger partial charge in [-0.25, -0.2) is 0 Å². The monoisotopic (exact) mass is 285 g/mol. The molecule has 0 bridgehead atoms. The SMILES string of the molecule is Clc1ccc(C2CNc3cccc(Cl)c3O2)s1. The first-order valence-electron chi connectivity index (χ1n) is 5.18. The van der Waals surface area contributed by atoms with Gasteiger partial charge in [0.1, 0.15) is 0 Å². The molecule has 0 spiro atoms. The van der Waals surface area contributed by atoms with Crippen molar-refractivity contribution >= 4 is 40.2 Å². The summed E-state index contributed by atoms with van der Waals surface area (Å²) >= 11 is 13.6. The zero-order valence-corrected chi connectivity index (χ0v) is 11.1. The van der Waals surface area contributed by atoms with Gasteiger partial charge in [-0.3, -0.25) is 0 Å². The van der Waals surface area contributed by atoms with Crippen molar-refractivity contribution < 1.29 is 4.74 Å². The summed E-state index contributed by atoms with van der Waals surface area (Å²) in [5, 5.41) is 3.94. The molecule has 0 fully saturated rings. The number of thiophene rings is 1. The van der Waals surface area contributed by atoms with E-state index in [-0.39, 0.29) is 6.10 Å². The highest BCUT2D eigenvalue weighted by atomic mass is 35.5. The van der Waals surface area contributed by atoms with Crippen molar-refractivity contribution in [1.29, 1.82) is 0 Å². The van der Waals surface area contributed by atoms with Gasteiger partial charge in [-0.05, 0) is 24.3 Å². The molecule has 1 aliphatic rings. The Bertz CT molecular complexity index is 555. The number of hydrogen-bond donors (Lipinski definition) is 1. The fraction of sp³-hybridized carbons (Fsp3) is 0.167. The second kappa shape index (κ2) is 4.41. The molecule has 0 amide bonds. The Morgan fingerprint density at radius 3 is 2.88 bits per heavy atom. The summed E-state index contributed by atoms with van der Waals surface area (Å²) in [7, 11) is 0. The van der Waals surface area contributed by atoms with Crippen molar-refractivity contribution in [2.45, 2.75) is 6.10 Å². The van der Waals surface area contributed by atoms with E-state index < -0.39 is 0 Å². The lowest BCUT2D eigenvalue weighted by atomic mass is 10.2. The summed E-state index contributed by atoms with van der Waals surface area (Å²) in [5.74, 6) is 0.718. The third-order valence-corrected chi connectivity index (χ3v) is 4.24. The summed E-state index contributed by atoms with van der Waals surface area (Å²) in [6.45, 7) is 0.726. The maximum atomic E-state index is 6.11. The summed E-state index contributed by atoms with van der Waals surface area (Å²) in [6, 6.07) is 9.55. The van der Waals surface area contributed by atoms with Crippen molar-refractivity contribution in [3.8, 4) is 5.75 Å². The topological polar surface area (TPSA) is 21.3 Å². The number of rotatable bonds is 1. The van der Waals surface area contributed by atoms with Crippen molar-refractivity contribution in [1.82, 2.24) is 0 Å². The molecule has 1 unspecified atom stereocenters. The van der Waals surface area contributed by atoms with Crippen LogP contribution < -0.4 is 10.1 Å². The minimum atomic E-state index is -0.0279. The molecule has 0 saturated carbocycles. The van der Waals surface area contributed by atoms with Gasteiger partial charge in [0.25, 0.3) is 0 Å². The van der Waals surface area contributed by atoms with Gasteiger partial charge in [0, 0.05) is 4.88 Å². The predicted octanol–water partition coefficient (Wildman–Crippen LogP) is 4.60. The predicted molar refractivity (Wildman–Crippen MR) is 72.6 cm³/mol. The molecule has 1 aromatic carbocycles. The fourth-order valence-corrected chi connectivity index (χ4v) is 3.12. The average Bonchev–Trinajstić information content (AvgIpc) is 2.76. The van der Waals surface area contributed by atoms with Crippen LogP contribution in [0.5, 0.6) is 5.75 Å². The van der Waals surface area contributed by atoms with E-state index in [0.29, 0.717) is 5.02 Å². The van der Waals surface area contributed by atoms with Crippen LogP contribution in [0.25, 0.3) is 0 Å². The van der Waals surface area contributed by atoms with E-state index in [2.05, 4.69) is 5.32 Å². The number of fused-ring (bicyclic) bond motifs is 1. The maximum absolute atomic E-state index is 6.11. The minimum Gasteiger partial charge on any atom is -0.479 e. The van der Waals surface area contributed by atoms with Gasteiger partial charge in [-0.2, -0.15) is 0 Å². The Morgan fingerprint density at radius 2 is 2.12 bits per heavy atom. The van der Waals surface area contributed by atoms with E-state index in [1.54, 1.807) is 0 Å². The fourth-order valence-electron chi connectivity index (χ4n) is 1.81. The van der Waals surface area contributed by atoms with Crippen LogP contribution in [-0.2, 0) is 0 Å². The Morgan fingerprint density at radius 1 is 1.24 bits per heavy atom. The second-order valence-corrected chi connectivity index (χ2v) is 5.90. The third-order valence-electron chi connectivity index (χ3n) is 2.62. The number of para-hydroxylation sites is 1. The lowest BCUT2D eigenvalue weighted by Gasteiger charge is -2.27. The number of ether oxygens (including phenoxy) is 1. The Labute approximate surface area is 113 Å². The summed E-state index contributed by atoms with van der Waals surface area (Å²) in [6.07, 6.45) is -0.0279. The number of hydrogen-bond acceptors (Lipinski definition) is 3. The molecule has 88 valence electrons. The van der Waals surface area contributed by atoms with Gasteiger partial charge in [0.05, 0.1) is 21.6 Å². The first-order valence-corrected chi connectivity index (χ1v) is 6.75. The summed E-state index contributed by atoms with van der Waals surface area (Å²) in [5.41, 5.74) is 0.941. The lowest BCUT2D eigenvalue weighted by Crippen LogP contribution is -2.22. The number of nitrogens with one attached hydrogen (secondary N) is 1. The molecule has 1 aliphatic heterocycles. The minimum absolute atomic E-state index is 0.0279. The molecule has 0 aliphatic carbocycles. The van der Waals surface area contributed by atoms with E-state index in [1.165, 1.54) is 11.3 Å². The van der Waals surface area contributed by atoms with Crippen LogP contribution in [0.1, 0.15) is 11.0 Å². The van der Waals surface area contributed by atoms with E-state index >= 15 is 0 Å². The van der Waals surface area contributed by atoms with Gasteiger partial charge in [0.2, 0.25) is 0 Å². The zero-order chi connectivity index (χ0) is 11.8. The van der Waals surface area contributed by atoms with Crippen LogP contribution >= 0.6 is 34.5 Å². The van der Waals surface area contributed by atoms with Gasteiger partial charge in [-0.15, -0.1) is 11.3 Å². The smallest absolute Gasteiger partial charge is 0.162 e. The molecule has 2 aromatic rings. The number of halogens is 2. The van der Waals surface area contributed by atoms with Crippen molar-refractivity contribution in [3.63, 3.8) is 0 Å². The van der Waals surface area contributed by atoms with E-state index in [1.807, 2.05) is 30.3 Å². The molecular formula is C12H9Cl2NOS. The van der Waals surface area contributed by atoms with E-state index in [9.17, 15) is 0 Å². The Kier molecular flexibility index (Phi) is 2.90. The molecule has 2 heterocycles. The Balaban J connectivity index is 1.92. The van der Waals surface area contributed by atoms with Crippen LogP contribution in [0.4, 0.5) is 5.69 Å². The molecule has 0 saturated heterocycles. The van der Waals surface area contributed by atoms with Crippen molar-refractivity contribution in [2.75, 3.05) is 11.9 Å². The molecule has 1 N–H and O–H groups in total. The van der Waals surface area contributed by atoms with Crippen molar-refractivity contribution in [2.24, 2.45) is 0 Å². The number of anilines is 1. The molecule has 1 atom stereocenters. The molecule has 0 radical (unpaired) electrons. The zero-order valence-electron chi connectivity index (χ0n) is 8.74. The summed E-state index contributed by atoms with van der Waals surface area (Å²) in [4.78, 5) is 1.10. The summed E-state index contributed by atoms with van der Waals surface area (Å²) < 4.78 is 6.69. The molecule has 2 nitrogen and oxygen atoms in total. The normalized spacial score (nSPS) is 18.1. The van der Waals surface area contributed by atoms with Gasteiger partial charge in [0.15, 0.2) is 11.9 Å². The first-order chi connectivity index (χ1) is 8.24. The second-order valence-electron chi connectivity index (χ2n) is 3.75. The van der Waals surface area contributed by atoms with Crippen LogP contribution in [0.15, 0.2) is 30.3 Å². The van der Waals surface area contributed by atoms with Gasteiger partial charge >= 0.3 is 0 Å². The largest absolute Gasteiger partial charge is 0.479 e. The van der Waals surface area contributed by atoms with E-state index in [0.717, 1.165) is 27.2 Å². The molecular weight excluding hydrogens is 277 g/mol. The molecule has 5 heteroatoms. The first kappa shape index (κ1) is 11.2. The maximum Gasteiger partial charge on any atom is 0.162 e. The highest BCUT2D eigenvalue weighted by molar-refractivity contribution is 7.16. The highest BCUT2D eigenvalue weighted by Crippen LogP contribution is 2.41. The average molecular weight is 286 g/mol. The van der Waals surface area contributed by atoms with E-state index in [4.69, 9.17) is 27.9 Å². The Hall–Kier alpha value is -0.900. The van der Waals surface area contributed by atoms with Crippen LogP contribution in [0.3, 0.4) is 0 Å². The van der Waals surface area contributed by atoms with Crippen LogP contribution in [-0.4, -0.2) is 6.54 Å². The van der Waals surface area contributed by atoms with Crippen LogP contribution in [0, 0.1) is 0 Å². The highest BCUT2D eigenvalue weighted by Gasteiger charge is 2.23. The van der Waals surface area contributed by atoms with Crippen LogP contribution in [0.2, 0.25) is 9.36 Å². The molecule has 3 rings (SSSR count). The third kappa shape index (κ3) is 2.10. The van der Waals surface area contributed by atoms with Gasteiger partial charge < -0.3 is 10.1 Å².